The van der Waals surface area contributed by atoms with Crippen molar-refractivity contribution in [3.63, 3.8) is 0 Å². The van der Waals surface area contributed by atoms with Crippen LogP contribution in [0, 0.1) is 5.92 Å². The smallest absolute Gasteiger partial charge is 0.147 e. The number of nitrogens with one attached hydrogen (secondary N) is 1. The minimum atomic E-state index is 0.773. The van der Waals surface area contributed by atoms with Crippen LogP contribution in [-0.2, 0) is 6.54 Å². The number of methoxy groups -OCH3 is 1. The molecule has 0 radical (unpaired) electrons. The van der Waals surface area contributed by atoms with Crippen LogP contribution in [0.15, 0.2) is 21.1 Å². The molecular formula is C14H21Br2NO. The first-order chi connectivity index (χ1) is 8.62. The van der Waals surface area contributed by atoms with Crippen molar-refractivity contribution in [2.45, 2.75) is 33.2 Å². The van der Waals surface area contributed by atoms with Crippen molar-refractivity contribution in [2.24, 2.45) is 5.92 Å². The van der Waals surface area contributed by atoms with Crippen molar-refractivity contribution < 1.29 is 4.74 Å². The highest BCUT2D eigenvalue weighted by atomic mass is 79.9. The molecule has 0 unspecified atom stereocenters. The molecule has 0 bridgehead atoms. The molecule has 1 N–H and O–H groups in total. The van der Waals surface area contributed by atoms with E-state index in [2.05, 4.69) is 63.2 Å². The fourth-order valence-corrected chi connectivity index (χ4v) is 3.51. The lowest BCUT2D eigenvalue weighted by Gasteiger charge is -2.14. The van der Waals surface area contributed by atoms with Gasteiger partial charge < -0.3 is 10.1 Å². The molecule has 0 spiro atoms. The lowest BCUT2D eigenvalue weighted by atomic mass is 10.0. The van der Waals surface area contributed by atoms with Gasteiger partial charge in [0.05, 0.1) is 16.1 Å². The predicted molar refractivity (Wildman–Crippen MR) is 84.2 cm³/mol. The van der Waals surface area contributed by atoms with E-state index >= 15 is 0 Å². The van der Waals surface area contributed by atoms with Crippen molar-refractivity contribution in [3.8, 4) is 5.75 Å². The Kier molecular flexibility index (Phi) is 7.27. The molecule has 0 aliphatic rings. The Balaban J connectivity index is 2.58. The van der Waals surface area contributed by atoms with Gasteiger partial charge in [-0.15, -0.1) is 0 Å². The van der Waals surface area contributed by atoms with Crippen molar-refractivity contribution in [2.75, 3.05) is 13.7 Å². The minimum Gasteiger partial charge on any atom is -0.494 e. The van der Waals surface area contributed by atoms with Crippen LogP contribution < -0.4 is 10.1 Å². The van der Waals surface area contributed by atoms with Gasteiger partial charge in [-0.05, 0) is 62.0 Å². The normalized spacial score (nSPS) is 11.0. The lowest BCUT2D eigenvalue weighted by molar-refractivity contribution is 0.409. The molecule has 0 atom stereocenters. The topological polar surface area (TPSA) is 21.3 Å². The Morgan fingerprint density at radius 2 is 1.72 bits per heavy atom. The highest BCUT2D eigenvalue weighted by Crippen LogP contribution is 2.34. The van der Waals surface area contributed by atoms with Crippen molar-refractivity contribution in [1.29, 1.82) is 0 Å². The Labute approximate surface area is 127 Å². The standard InChI is InChI=1S/C14H21Br2NO/c1-4-10(5-2)8-17-9-11-6-12(15)14(18-3)13(16)7-11/h6-7,10,17H,4-5,8-9H2,1-3H3. The van der Waals surface area contributed by atoms with Crippen molar-refractivity contribution in [3.05, 3.63) is 26.6 Å². The maximum absolute atomic E-state index is 5.29. The summed E-state index contributed by atoms with van der Waals surface area (Å²) in [7, 11) is 1.68. The first kappa shape index (κ1) is 16.0. The summed E-state index contributed by atoms with van der Waals surface area (Å²) in [6.07, 6.45) is 2.47. The van der Waals surface area contributed by atoms with Crippen LogP contribution in [0.1, 0.15) is 32.3 Å². The predicted octanol–water partition coefficient (Wildman–Crippen LogP) is 4.75. The minimum absolute atomic E-state index is 0.773. The monoisotopic (exact) mass is 377 g/mol. The van der Waals surface area contributed by atoms with Gasteiger partial charge in [0.1, 0.15) is 5.75 Å². The molecule has 0 aliphatic heterocycles. The quantitative estimate of drug-likeness (QED) is 0.739. The second kappa shape index (κ2) is 8.18. The molecule has 2 nitrogen and oxygen atoms in total. The third-order valence-electron chi connectivity index (χ3n) is 3.18. The zero-order valence-corrected chi connectivity index (χ0v) is 14.4. The molecule has 0 aliphatic carbocycles. The van der Waals surface area contributed by atoms with Crippen LogP contribution in [0.25, 0.3) is 0 Å². The molecule has 0 heterocycles. The average molecular weight is 379 g/mol. The molecule has 102 valence electrons. The molecule has 0 saturated carbocycles. The summed E-state index contributed by atoms with van der Waals surface area (Å²) in [6, 6.07) is 4.20. The maximum Gasteiger partial charge on any atom is 0.147 e. The van der Waals surface area contributed by atoms with Crippen molar-refractivity contribution >= 4 is 31.9 Å². The van der Waals surface area contributed by atoms with E-state index in [9.17, 15) is 0 Å². The number of hydrogen-bond acceptors (Lipinski definition) is 2. The third-order valence-corrected chi connectivity index (χ3v) is 4.36. The molecule has 1 rings (SSSR count). The first-order valence-electron chi connectivity index (χ1n) is 6.34. The summed E-state index contributed by atoms with van der Waals surface area (Å²) >= 11 is 7.05. The van der Waals surface area contributed by atoms with Gasteiger partial charge in [0, 0.05) is 6.54 Å². The van der Waals surface area contributed by atoms with E-state index in [1.165, 1.54) is 18.4 Å². The van der Waals surface area contributed by atoms with E-state index in [4.69, 9.17) is 4.74 Å². The van der Waals surface area contributed by atoms with E-state index in [-0.39, 0.29) is 0 Å². The second-order valence-electron chi connectivity index (χ2n) is 4.41. The van der Waals surface area contributed by atoms with Gasteiger partial charge in [0.15, 0.2) is 0 Å². The summed E-state index contributed by atoms with van der Waals surface area (Å²) in [4.78, 5) is 0. The molecular weight excluding hydrogens is 358 g/mol. The van der Waals surface area contributed by atoms with E-state index in [1.807, 2.05) is 0 Å². The number of benzene rings is 1. The SMILES string of the molecule is CCC(CC)CNCc1cc(Br)c(OC)c(Br)c1. The molecule has 4 heteroatoms. The van der Waals surface area contributed by atoms with E-state index in [0.29, 0.717) is 0 Å². The highest BCUT2D eigenvalue weighted by molar-refractivity contribution is 9.11. The van der Waals surface area contributed by atoms with Crippen LogP contribution in [0.5, 0.6) is 5.75 Å². The number of ether oxygens (including phenoxy) is 1. The van der Waals surface area contributed by atoms with Gasteiger partial charge in [0.2, 0.25) is 0 Å². The van der Waals surface area contributed by atoms with E-state index in [1.54, 1.807) is 7.11 Å². The van der Waals surface area contributed by atoms with Gasteiger partial charge in [-0.3, -0.25) is 0 Å². The zero-order valence-electron chi connectivity index (χ0n) is 11.2. The highest BCUT2D eigenvalue weighted by Gasteiger charge is 2.08. The van der Waals surface area contributed by atoms with Gasteiger partial charge in [-0.1, -0.05) is 26.7 Å². The second-order valence-corrected chi connectivity index (χ2v) is 6.11. The summed E-state index contributed by atoms with van der Waals surface area (Å²) < 4.78 is 7.26. The van der Waals surface area contributed by atoms with Gasteiger partial charge in [-0.2, -0.15) is 0 Å². The van der Waals surface area contributed by atoms with Gasteiger partial charge in [-0.25, -0.2) is 0 Å². The van der Waals surface area contributed by atoms with Crippen LogP contribution in [0.3, 0.4) is 0 Å². The Bertz CT molecular complexity index is 355. The Morgan fingerprint density at radius 3 is 2.17 bits per heavy atom. The molecule has 0 saturated heterocycles. The molecule has 18 heavy (non-hydrogen) atoms. The molecule has 0 aromatic heterocycles. The summed E-state index contributed by atoms with van der Waals surface area (Å²) in [5.74, 6) is 1.62. The fourth-order valence-electron chi connectivity index (χ4n) is 1.91. The summed E-state index contributed by atoms with van der Waals surface area (Å²) in [5.41, 5.74) is 1.25. The van der Waals surface area contributed by atoms with Crippen LogP contribution in [0.2, 0.25) is 0 Å². The van der Waals surface area contributed by atoms with Crippen molar-refractivity contribution in [1.82, 2.24) is 5.32 Å². The molecule has 0 amide bonds. The van der Waals surface area contributed by atoms with Gasteiger partial charge in [0.25, 0.3) is 0 Å². The van der Waals surface area contributed by atoms with E-state index in [0.717, 1.165) is 33.7 Å². The van der Waals surface area contributed by atoms with Crippen LogP contribution >= 0.6 is 31.9 Å². The average Bonchev–Trinajstić information content (AvgIpc) is 2.34. The zero-order chi connectivity index (χ0) is 13.5. The van der Waals surface area contributed by atoms with Crippen LogP contribution in [-0.4, -0.2) is 13.7 Å². The molecule has 0 fully saturated rings. The number of hydrogen-bond donors (Lipinski definition) is 1. The third kappa shape index (κ3) is 4.56. The molecule has 1 aromatic carbocycles. The Hall–Kier alpha value is -0.0600. The first-order valence-corrected chi connectivity index (χ1v) is 7.93. The fraction of sp³-hybridized carbons (Fsp3) is 0.571. The molecule has 1 aromatic rings. The largest absolute Gasteiger partial charge is 0.494 e. The lowest BCUT2D eigenvalue weighted by Crippen LogP contribution is -2.21. The summed E-state index contributed by atoms with van der Waals surface area (Å²) in [6.45, 7) is 6.46. The Morgan fingerprint density at radius 1 is 1.17 bits per heavy atom. The van der Waals surface area contributed by atoms with E-state index < -0.39 is 0 Å². The summed E-state index contributed by atoms with van der Waals surface area (Å²) in [5, 5.41) is 3.51. The van der Waals surface area contributed by atoms with Gasteiger partial charge >= 0.3 is 0 Å². The number of halogens is 2. The van der Waals surface area contributed by atoms with Crippen LogP contribution in [0.4, 0.5) is 0 Å². The maximum atomic E-state index is 5.29. The number of rotatable bonds is 7.